The van der Waals surface area contributed by atoms with E-state index in [-0.39, 0.29) is 11.7 Å². The number of carbonyl (C=O) groups excluding carboxylic acids is 1. The fourth-order valence-corrected chi connectivity index (χ4v) is 4.11. The summed E-state index contributed by atoms with van der Waals surface area (Å²) in [7, 11) is 1.75. The summed E-state index contributed by atoms with van der Waals surface area (Å²) in [6, 6.07) is 10.6. The van der Waals surface area contributed by atoms with E-state index in [9.17, 15) is 9.90 Å². The van der Waals surface area contributed by atoms with Gasteiger partial charge in [0.25, 0.3) is 5.91 Å². The number of phenolic OH excluding ortho intramolecular Hbond substituents is 1. The molecule has 0 unspecified atom stereocenters. The minimum absolute atomic E-state index is 0.0989. The SMILES string of the molecule is CNc1nccc(-c2ccc(C(=O)Nc3nc4c(O)cccc4s3)s2)n1. The summed E-state index contributed by atoms with van der Waals surface area (Å²) in [4.78, 5) is 26.7. The number of aromatic hydroxyl groups is 1. The van der Waals surface area contributed by atoms with Crippen molar-refractivity contribution < 1.29 is 9.90 Å². The number of benzene rings is 1. The van der Waals surface area contributed by atoms with E-state index >= 15 is 0 Å². The van der Waals surface area contributed by atoms with E-state index in [4.69, 9.17) is 0 Å². The van der Waals surface area contributed by atoms with Gasteiger partial charge in [0.05, 0.1) is 20.1 Å². The molecule has 7 nitrogen and oxygen atoms in total. The number of hydrogen-bond donors (Lipinski definition) is 3. The van der Waals surface area contributed by atoms with Gasteiger partial charge in [0, 0.05) is 13.2 Å². The van der Waals surface area contributed by atoms with Gasteiger partial charge in [0.1, 0.15) is 11.3 Å². The predicted octanol–water partition coefficient (Wildman–Crippen LogP) is 3.81. The summed E-state index contributed by atoms with van der Waals surface area (Å²) in [5.74, 6) is 0.376. The van der Waals surface area contributed by atoms with Crippen molar-refractivity contribution in [3.63, 3.8) is 0 Å². The number of para-hydroxylation sites is 1. The maximum Gasteiger partial charge on any atom is 0.267 e. The molecule has 0 atom stereocenters. The summed E-state index contributed by atoms with van der Waals surface area (Å²) >= 11 is 2.66. The Morgan fingerprint density at radius 3 is 2.81 bits per heavy atom. The Hall–Kier alpha value is -3.04. The second kappa shape index (κ2) is 6.70. The lowest BCUT2D eigenvalue weighted by atomic mass is 10.3. The molecule has 3 heterocycles. The van der Waals surface area contributed by atoms with Gasteiger partial charge in [-0.1, -0.05) is 17.4 Å². The van der Waals surface area contributed by atoms with Crippen LogP contribution in [0.4, 0.5) is 11.1 Å². The van der Waals surface area contributed by atoms with Gasteiger partial charge < -0.3 is 10.4 Å². The highest BCUT2D eigenvalue weighted by Gasteiger charge is 2.14. The van der Waals surface area contributed by atoms with Crippen LogP contribution in [0.1, 0.15) is 9.67 Å². The molecule has 4 rings (SSSR count). The molecule has 9 heteroatoms. The lowest BCUT2D eigenvalue weighted by molar-refractivity contribution is 0.103. The molecule has 0 aliphatic rings. The van der Waals surface area contributed by atoms with E-state index in [0.717, 1.165) is 15.3 Å². The van der Waals surface area contributed by atoms with E-state index in [1.54, 1.807) is 37.5 Å². The Kier molecular flexibility index (Phi) is 4.23. The zero-order valence-corrected chi connectivity index (χ0v) is 15.2. The fraction of sp³-hybridized carbons (Fsp3) is 0.0588. The van der Waals surface area contributed by atoms with Gasteiger partial charge >= 0.3 is 0 Å². The molecule has 0 radical (unpaired) electrons. The van der Waals surface area contributed by atoms with Crippen LogP contribution in [0.25, 0.3) is 20.8 Å². The molecule has 1 amide bonds. The van der Waals surface area contributed by atoms with Crippen LogP contribution in [0.2, 0.25) is 0 Å². The molecule has 0 fully saturated rings. The van der Waals surface area contributed by atoms with Gasteiger partial charge in [0.15, 0.2) is 5.13 Å². The molecule has 130 valence electrons. The second-order valence-electron chi connectivity index (χ2n) is 5.28. The van der Waals surface area contributed by atoms with Gasteiger partial charge in [-0.15, -0.1) is 11.3 Å². The van der Waals surface area contributed by atoms with Crippen molar-refractivity contribution >= 4 is 49.9 Å². The standard InChI is InChI=1S/C17H13N5O2S2/c1-18-16-19-8-7-9(20-16)11-5-6-13(25-11)15(24)22-17-21-14-10(23)3-2-4-12(14)26-17/h2-8,23H,1H3,(H,18,19,20)(H,21,22,24). The van der Waals surface area contributed by atoms with Crippen LogP contribution < -0.4 is 10.6 Å². The van der Waals surface area contributed by atoms with Gasteiger partial charge in [-0.2, -0.15) is 0 Å². The monoisotopic (exact) mass is 383 g/mol. The highest BCUT2D eigenvalue weighted by Crippen LogP contribution is 2.32. The first-order valence-electron chi connectivity index (χ1n) is 7.65. The number of carbonyl (C=O) groups is 1. The smallest absolute Gasteiger partial charge is 0.267 e. The zero-order chi connectivity index (χ0) is 18.1. The Balaban J connectivity index is 1.56. The molecule has 0 saturated heterocycles. The van der Waals surface area contributed by atoms with E-state index in [2.05, 4.69) is 25.6 Å². The van der Waals surface area contributed by atoms with Crippen LogP contribution >= 0.6 is 22.7 Å². The number of fused-ring (bicyclic) bond motifs is 1. The van der Waals surface area contributed by atoms with Crippen molar-refractivity contribution in [1.29, 1.82) is 0 Å². The van der Waals surface area contributed by atoms with Crippen LogP contribution in [0.15, 0.2) is 42.6 Å². The molecule has 0 bridgehead atoms. The van der Waals surface area contributed by atoms with E-state index in [0.29, 0.717) is 21.5 Å². The van der Waals surface area contributed by atoms with Crippen molar-refractivity contribution in [3.8, 4) is 16.3 Å². The highest BCUT2D eigenvalue weighted by molar-refractivity contribution is 7.22. The minimum atomic E-state index is -0.248. The summed E-state index contributed by atoms with van der Waals surface area (Å²) in [5.41, 5.74) is 1.23. The van der Waals surface area contributed by atoms with Crippen molar-refractivity contribution in [2.45, 2.75) is 0 Å². The Morgan fingerprint density at radius 1 is 1.12 bits per heavy atom. The number of aromatic nitrogens is 3. The molecular weight excluding hydrogens is 370 g/mol. The quantitative estimate of drug-likeness (QED) is 0.495. The van der Waals surface area contributed by atoms with Gasteiger partial charge in [-0.3, -0.25) is 10.1 Å². The number of anilines is 2. The van der Waals surface area contributed by atoms with Crippen molar-refractivity contribution in [2.24, 2.45) is 0 Å². The average Bonchev–Trinajstić information content (AvgIpc) is 3.29. The van der Waals surface area contributed by atoms with Crippen LogP contribution in [0.3, 0.4) is 0 Å². The summed E-state index contributed by atoms with van der Waals surface area (Å²) in [5, 5.41) is 15.9. The number of amides is 1. The number of rotatable bonds is 4. The number of phenols is 1. The third-order valence-electron chi connectivity index (χ3n) is 3.58. The molecule has 26 heavy (non-hydrogen) atoms. The first kappa shape index (κ1) is 16.4. The molecule has 4 aromatic rings. The predicted molar refractivity (Wildman–Crippen MR) is 104 cm³/mol. The normalized spacial score (nSPS) is 10.8. The van der Waals surface area contributed by atoms with Crippen LogP contribution in [0.5, 0.6) is 5.75 Å². The summed E-state index contributed by atoms with van der Waals surface area (Å²) in [6.45, 7) is 0. The topological polar surface area (TPSA) is 100 Å². The molecule has 0 spiro atoms. The van der Waals surface area contributed by atoms with Gasteiger partial charge in [-0.05, 0) is 30.3 Å². The number of hydrogen-bond acceptors (Lipinski definition) is 8. The maximum atomic E-state index is 12.5. The molecule has 3 aromatic heterocycles. The largest absolute Gasteiger partial charge is 0.506 e. The molecule has 3 N–H and O–H groups in total. The van der Waals surface area contributed by atoms with Crippen LogP contribution in [-0.2, 0) is 0 Å². The maximum absolute atomic E-state index is 12.5. The molecule has 0 saturated carbocycles. The third-order valence-corrected chi connectivity index (χ3v) is 5.62. The first-order chi connectivity index (χ1) is 12.6. The summed E-state index contributed by atoms with van der Waals surface area (Å²) in [6.07, 6.45) is 1.67. The first-order valence-corrected chi connectivity index (χ1v) is 9.28. The van der Waals surface area contributed by atoms with E-state index < -0.39 is 0 Å². The van der Waals surface area contributed by atoms with Crippen molar-refractivity contribution in [1.82, 2.24) is 15.0 Å². The molecule has 0 aliphatic heterocycles. The van der Waals surface area contributed by atoms with Gasteiger partial charge in [-0.25, -0.2) is 15.0 Å². The Morgan fingerprint density at radius 2 is 2.00 bits per heavy atom. The Bertz CT molecular complexity index is 1110. The summed E-state index contributed by atoms with van der Waals surface area (Å²) < 4.78 is 0.813. The third kappa shape index (κ3) is 3.09. The number of thiophene rings is 1. The van der Waals surface area contributed by atoms with E-state index in [1.165, 1.54) is 22.7 Å². The number of thiazole rings is 1. The molecule has 1 aromatic carbocycles. The van der Waals surface area contributed by atoms with E-state index in [1.807, 2.05) is 12.1 Å². The lowest BCUT2D eigenvalue weighted by Crippen LogP contribution is -2.09. The molecular formula is C17H13N5O2S2. The highest BCUT2D eigenvalue weighted by atomic mass is 32.1. The lowest BCUT2D eigenvalue weighted by Gasteiger charge is -2.00. The Labute approximate surface area is 156 Å². The van der Waals surface area contributed by atoms with Crippen LogP contribution in [-0.4, -0.2) is 33.0 Å². The number of nitrogens with one attached hydrogen (secondary N) is 2. The van der Waals surface area contributed by atoms with Crippen LogP contribution in [0, 0.1) is 0 Å². The minimum Gasteiger partial charge on any atom is -0.506 e. The van der Waals surface area contributed by atoms with Gasteiger partial charge in [0.2, 0.25) is 5.95 Å². The fourth-order valence-electron chi connectivity index (χ4n) is 2.36. The zero-order valence-electron chi connectivity index (χ0n) is 13.6. The van der Waals surface area contributed by atoms with Crippen molar-refractivity contribution in [2.75, 3.05) is 17.7 Å². The molecule has 0 aliphatic carbocycles. The van der Waals surface area contributed by atoms with Crippen molar-refractivity contribution in [3.05, 3.63) is 47.5 Å². The average molecular weight is 383 g/mol. The second-order valence-corrected chi connectivity index (χ2v) is 7.39. The number of nitrogens with zero attached hydrogens (tertiary/aromatic N) is 3.